The SMILES string of the molecule is CCCCc1ccccc1C(N)=NP(=S)(OC(C)=CC(=O)OC)c1ccccc1. The van der Waals surface area contributed by atoms with E-state index in [2.05, 4.69) is 17.7 Å². The lowest BCUT2D eigenvalue weighted by Gasteiger charge is -2.21. The summed E-state index contributed by atoms with van der Waals surface area (Å²) in [5.74, 6) is 0.161. The Morgan fingerprint density at radius 1 is 1.17 bits per heavy atom. The van der Waals surface area contributed by atoms with E-state index in [0.29, 0.717) is 11.6 Å². The van der Waals surface area contributed by atoms with Crippen LogP contribution in [0.4, 0.5) is 0 Å². The predicted octanol–water partition coefficient (Wildman–Crippen LogP) is 4.46. The Bertz CT molecular complexity index is 942. The first-order valence-electron chi connectivity index (χ1n) is 9.45. The lowest BCUT2D eigenvalue weighted by molar-refractivity contribution is -0.135. The Morgan fingerprint density at radius 3 is 2.48 bits per heavy atom. The smallest absolute Gasteiger partial charge is 0.333 e. The Kier molecular flexibility index (Phi) is 8.62. The molecule has 0 spiro atoms. The van der Waals surface area contributed by atoms with Crippen molar-refractivity contribution in [2.75, 3.05) is 7.11 Å². The molecule has 0 bridgehead atoms. The minimum Gasteiger partial charge on any atom is -0.466 e. The highest BCUT2D eigenvalue weighted by atomic mass is 32.4. The van der Waals surface area contributed by atoms with Crippen molar-refractivity contribution in [3.63, 3.8) is 0 Å². The van der Waals surface area contributed by atoms with Gasteiger partial charge in [0.2, 0.25) is 0 Å². The van der Waals surface area contributed by atoms with Crippen LogP contribution >= 0.6 is 6.42 Å². The number of hydrogen-bond donors (Lipinski definition) is 1. The first kappa shape index (κ1) is 22.9. The highest BCUT2D eigenvalue weighted by Crippen LogP contribution is 2.50. The van der Waals surface area contributed by atoms with Gasteiger partial charge in [-0.25, -0.2) is 4.79 Å². The first-order chi connectivity index (χ1) is 13.9. The van der Waals surface area contributed by atoms with Gasteiger partial charge in [-0.3, -0.25) is 0 Å². The van der Waals surface area contributed by atoms with Gasteiger partial charge < -0.3 is 15.0 Å². The summed E-state index contributed by atoms with van der Waals surface area (Å²) in [6, 6.07) is 17.3. The minimum absolute atomic E-state index is 0.333. The highest BCUT2D eigenvalue weighted by Gasteiger charge is 2.23. The van der Waals surface area contributed by atoms with Gasteiger partial charge in [0.1, 0.15) is 11.6 Å². The van der Waals surface area contributed by atoms with Gasteiger partial charge in [-0.05, 0) is 49.3 Å². The molecular weight excluding hydrogens is 403 g/mol. The summed E-state index contributed by atoms with van der Waals surface area (Å²) in [7, 11) is 1.31. The molecular formula is C22H27N2O3PS. The average molecular weight is 431 g/mol. The summed E-state index contributed by atoms with van der Waals surface area (Å²) < 4.78 is 15.4. The van der Waals surface area contributed by atoms with Crippen LogP contribution in [-0.4, -0.2) is 18.9 Å². The molecule has 5 nitrogen and oxygen atoms in total. The number of allylic oxidation sites excluding steroid dienone is 1. The van der Waals surface area contributed by atoms with Crippen molar-refractivity contribution in [3.8, 4) is 0 Å². The number of unbranched alkanes of at least 4 members (excludes halogenated alkanes) is 1. The van der Waals surface area contributed by atoms with E-state index in [1.807, 2.05) is 48.5 Å². The molecule has 7 heteroatoms. The van der Waals surface area contributed by atoms with Crippen molar-refractivity contribution in [1.29, 1.82) is 0 Å². The number of nitrogens with zero attached hydrogens (tertiary/aromatic N) is 1. The fourth-order valence-electron chi connectivity index (χ4n) is 2.74. The van der Waals surface area contributed by atoms with Crippen molar-refractivity contribution in [3.05, 3.63) is 77.6 Å². The maximum Gasteiger partial charge on any atom is 0.333 e. The van der Waals surface area contributed by atoms with E-state index in [9.17, 15) is 4.79 Å². The predicted molar refractivity (Wildman–Crippen MR) is 123 cm³/mol. The molecule has 0 radical (unpaired) electrons. The number of nitrogens with two attached hydrogens (primary N) is 1. The molecule has 0 saturated heterocycles. The summed E-state index contributed by atoms with van der Waals surface area (Å²) in [5.41, 5.74) is 8.41. The van der Waals surface area contributed by atoms with E-state index in [-0.39, 0.29) is 0 Å². The van der Waals surface area contributed by atoms with Gasteiger partial charge in [0, 0.05) is 10.9 Å². The summed E-state index contributed by atoms with van der Waals surface area (Å²) in [6.07, 6.45) is 1.38. The topological polar surface area (TPSA) is 73.9 Å². The molecule has 2 aromatic carbocycles. The molecule has 0 amide bonds. The second-order valence-corrected chi connectivity index (χ2v) is 9.90. The first-order valence-corrected chi connectivity index (χ1v) is 12.1. The van der Waals surface area contributed by atoms with Crippen molar-refractivity contribution >= 4 is 35.3 Å². The molecule has 2 N–H and O–H groups in total. The van der Waals surface area contributed by atoms with Crippen LogP contribution < -0.4 is 11.0 Å². The normalized spacial score (nSPS) is 14.2. The minimum atomic E-state index is -2.94. The number of benzene rings is 2. The van der Waals surface area contributed by atoms with E-state index in [1.165, 1.54) is 13.2 Å². The standard InChI is InChI=1S/C22H27N2O3PS/c1-4-5-11-18-12-9-10-15-20(18)22(23)24-28(29,19-13-7-6-8-14-19)27-17(2)16-21(25)26-3/h6-10,12-16H,4-5,11H2,1-3H3,(H2,23,24,29). The van der Waals surface area contributed by atoms with Gasteiger partial charge in [-0.2, -0.15) is 4.76 Å². The molecule has 0 saturated carbocycles. The number of amidine groups is 1. The quantitative estimate of drug-likeness (QED) is 0.159. The van der Waals surface area contributed by atoms with Crippen molar-refractivity contribution in [2.24, 2.45) is 10.5 Å². The second-order valence-electron chi connectivity index (χ2n) is 6.47. The van der Waals surface area contributed by atoms with Crippen LogP contribution in [0, 0.1) is 0 Å². The van der Waals surface area contributed by atoms with E-state index in [1.54, 1.807) is 6.92 Å². The Balaban J connectivity index is 2.49. The van der Waals surface area contributed by atoms with E-state index in [0.717, 1.165) is 35.7 Å². The lowest BCUT2D eigenvalue weighted by atomic mass is 10.0. The monoisotopic (exact) mass is 430 g/mol. The number of esters is 1. The maximum absolute atomic E-state index is 11.6. The number of aryl methyl sites for hydroxylation is 1. The highest BCUT2D eigenvalue weighted by molar-refractivity contribution is 8.15. The van der Waals surface area contributed by atoms with Crippen LogP contribution in [0.25, 0.3) is 0 Å². The van der Waals surface area contributed by atoms with E-state index < -0.39 is 12.4 Å². The number of hydrogen-bond acceptors (Lipinski definition) is 4. The van der Waals surface area contributed by atoms with Crippen molar-refractivity contribution < 1.29 is 14.1 Å². The fraction of sp³-hybridized carbons (Fsp3) is 0.273. The van der Waals surface area contributed by atoms with Crippen LogP contribution in [0.1, 0.15) is 37.8 Å². The summed E-state index contributed by atoms with van der Waals surface area (Å²) >= 11 is 5.87. The van der Waals surface area contributed by atoms with Gasteiger partial charge >= 0.3 is 5.97 Å². The van der Waals surface area contributed by atoms with Gasteiger partial charge in [0.25, 0.3) is 6.42 Å². The fourth-order valence-corrected chi connectivity index (χ4v) is 5.37. The van der Waals surface area contributed by atoms with Gasteiger partial charge in [-0.1, -0.05) is 55.8 Å². The third kappa shape index (κ3) is 6.55. The van der Waals surface area contributed by atoms with Crippen LogP contribution in [-0.2, 0) is 32.3 Å². The van der Waals surface area contributed by atoms with Crippen LogP contribution in [0.5, 0.6) is 0 Å². The number of methoxy groups -OCH3 is 1. The summed E-state index contributed by atoms with van der Waals surface area (Å²) in [4.78, 5) is 11.6. The number of carbonyl (C=O) groups excluding carboxylic acids is 1. The summed E-state index contributed by atoms with van der Waals surface area (Å²) in [5, 5.41) is 0.751. The second kappa shape index (κ2) is 10.9. The molecule has 29 heavy (non-hydrogen) atoms. The third-order valence-electron chi connectivity index (χ3n) is 4.20. The Labute approximate surface area is 177 Å². The maximum atomic E-state index is 11.6. The largest absolute Gasteiger partial charge is 0.466 e. The summed E-state index contributed by atoms with van der Waals surface area (Å²) in [6.45, 7) is 3.81. The molecule has 0 fully saturated rings. The molecule has 154 valence electrons. The van der Waals surface area contributed by atoms with E-state index in [4.69, 9.17) is 26.8 Å². The van der Waals surface area contributed by atoms with Gasteiger partial charge in [0.05, 0.1) is 13.2 Å². The number of rotatable bonds is 9. The van der Waals surface area contributed by atoms with Crippen LogP contribution in [0.3, 0.4) is 0 Å². The zero-order valence-corrected chi connectivity index (χ0v) is 18.7. The number of ether oxygens (including phenoxy) is 1. The molecule has 1 atom stereocenters. The lowest BCUT2D eigenvalue weighted by Crippen LogP contribution is -2.18. The van der Waals surface area contributed by atoms with E-state index >= 15 is 0 Å². The molecule has 1 unspecified atom stereocenters. The Morgan fingerprint density at radius 2 is 1.83 bits per heavy atom. The molecule has 0 heterocycles. The molecule has 2 aromatic rings. The number of carbonyl (C=O) groups is 1. The van der Waals surface area contributed by atoms with Crippen molar-refractivity contribution in [2.45, 2.75) is 33.1 Å². The van der Waals surface area contributed by atoms with Gasteiger partial charge in [0.15, 0.2) is 0 Å². The Hall–Kier alpha value is -2.43. The molecule has 0 aromatic heterocycles. The molecule has 0 aliphatic heterocycles. The molecule has 0 aliphatic carbocycles. The average Bonchev–Trinajstić information content (AvgIpc) is 2.72. The molecule has 0 aliphatic rings. The van der Waals surface area contributed by atoms with Crippen LogP contribution in [0.2, 0.25) is 0 Å². The van der Waals surface area contributed by atoms with Crippen LogP contribution in [0.15, 0.2) is 71.2 Å². The zero-order chi connectivity index (χ0) is 21.3. The zero-order valence-electron chi connectivity index (χ0n) is 17.0. The molecule has 2 rings (SSSR count). The van der Waals surface area contributed by atoms with Crippen molar-refractivity contribution in [1.82, 2.24) is 0 Å². The third-order valence-corrected chi connectivity index (χ3v) is 7.27. The van der Waals surface area contributed by atoms with Gasteiger partial charge in [-0.15, -0.1) is 0 Å².